The Labute approximate surface area is 428 Å². The third-order valence-corrected chi connectivity index (χ3v) is 16.6. The quantitative estimate of drug-likeness (QED) is 0.185. The van der Waals surface area contributed by atoms with Crippen molar-refractivity contribution in [3.8, 4) is 22.6 Å². The Bertz CT molecular complexity index is 2400. The van der Waals surface area contributed by atoms with Crippen LogP contribution in [-0.4, -0.2) is 83.9 Å². The molecule has 0 spiro atoms. The van der Waals surface area contributed by atoms with Crippen molar-refractivity contribution in [3.63, 3.8) is 0 Å². The second-order valence-electron chi connectivity index (χ2n) is 24.0. The van der Waals surface area contributed by atoms with Crippen LogP contribution >= 0.6 is 24.0 Å². The van der Waals surface area contributed by atoms with Crippen LogP contribution in [0.25, 0.3) is 11.1 Å². The normalized spacial score (nSPS) is 23.4. The molecule has 11 heteroatoms. The predicted octanol–water partition coefficient (Wildman–Crippen LogP) is 12.4. The van der Waals surface area contributed by atoms with Crippen molar-refractivity contribution in [1.29, 1.82) is 0 Å². The van der Waals surface area contributed by atoms with Crippen molar-refractivity contribution in [2.75, 3.05) is 63.3 Å². The lowest BCUT2D eigenvalue weighted by Gasteiger charge is -2.42. The molecule has 8 nitrogen and oxygen atoms in total. The third kappa shape index (κ3) is 11.9. The third-order valence-electron chi connectivity index (χ3n) is 16.4. The van der Waals surface area contributed by atoms with Crippen molar-refractivity contribution < 1.29 is 18.8 Å². The topological polar surface area (TPSA) is 67.5 Å². The summed E-state index contributed by atoms with van der Waals surface area (Å²) in [5.41, 5.74) is 12.3. The first-order valence-electron chi connectivity index (χ1n) is 25.4. The minimum absolute atomic E-state index is 0. The average Bonchev–Trinajstić information content (AvgIpc) is 3.52. The van der Waals surface area contributed by atoms with E-state index < -0.39 is 0 Å². The molecule has 5 aliphatic rings. The molecular weight excluding hydrogens is 898 g/mol. The zero-order valence-corrected chi connectivity index (χ0v) is 46.6. The number of anilines is 2. The Morgan fingerprint density at radius 2 is 0.986 bits per heavy atom. The molecule has 2 atom stereocenters. The first kappa shape index (κ1) is 54.9. The van der Waals surface area contributed by atoms with E-state index in [0.29, 0.717) is 17.1 Å². The van der Waals surface area contributed by atoms with Crippen molar-refractivity contribution in [2.24, 2.45) is 0 Å². The van der Waals surface area contributed by atoms with Gasteiger partial charge in [0.15, 0.2) is 0 Å². The molecule has 3 heterocycles. The van der Waals surface area contributed by atoms with Gasteiger partial charge < -0.3 is 39.2 Å². The highest BCUT2D eigenvalue weighted by molar-refractivity contribution is 6.62. The SMILES string of the molecule is CC1(C)CCC(C)(C)c2cc(B3OC(C)(C)C(C)(C)O3)ccc21.COc1ccc(N2CCN[C@@H](C)C2)cc1-c1ccc2c(c1)C(C)(C)CCC2(C)C.COc1ccc(N2CCN[C@H](C)C2)cc1Cl.Cl. The number of ether oxygens (including phenoxy) is 2. The minimum Gasteiger partial charge on any atom is -0.496 e. The number of rotatable bonds is 6. The maximum absolute atomic E-state index is 6.24. The maximum atomic E-state index is 6.24. The smallest absolute Gasteiger partial charge is 0.494 e. The maximum Gasteiger partial charge on any atom is 0.494 e. The summed E-state index contributed by atoms with van der Waals surface area (Å²) in [6.07, 6.45) is 4.93. The highest BCUT2D eigenvalue weighted by atomic mass is 35.5. The van der Waals surface area contributed by atoms with Crippen LogP contribution < -0.4 is 35.4 Å². The second-order valence-corrected chi connectivity index (χ2v) is 24.4. The van der Waals surface area contributed by atoms with Gasteiger partial charge in [-0.15, -0.1) is 12.4 Å². The molecule has 3 saturated heterocycles. The standard InChI is InChI=1S/C26H36N2O.C20H31BO2.C12H17ClN2O.ClH/c1-18-17-28(14-13-27-18)20-8-10-24(29-6)21(16-20)19-7-9-22-23(15-19)26(4,5)12-11-25(22,2)3;1-17(2)11-12-18(3,4)16-13-14(9-10-15(16)17)21-22-19(5,6)20(7,8)23-21;1-9-8-15(6-5-14-9)10-3-4-12(16-2)11(13)7-10;/h7-10,15-16,18,27H,11-14,17H2,1-6H3;9-10,13H,11-12H2,1-8H3;3-4,7,9,14H,5-6,8H2,1-2H3;1H/t18-;;9-;/m0.1./s1. The predicted molar refractivity (Wildman–Crippen MR) is 296 cm³/mol. The van der Waals surface area contributed by atoms with E-state index in [9.17, 15) is 0 Å². The van der Waals surface area contributed by atoms with Crippen LogP contribution in [0.5, 0.6) is 11.5 Å². The van der Waals surface area contributed by atoms with Crippen molar-refractivity contribution in [2.45, 2.75) is 168 Å². The van der Waals surface area contributed by atoms with Gasteiger partial charge in [0, 0.05) is 68.3 Å². The van der Waals surface area contributed by atoms with Gasteiger partial charge in [-0.3, -0.25) is 0 Å². The Morgan fingerprint density at radius 3 is 1.45 bits per heavy atom. The molecule has 3 fully saturated rings. The molecule has 0 saturated carbocycles. The van der Waals surface area contributed by atoms with Crippen LogP contribution in [0, 0.1) is 0 Å². The molecule has 0 aromatic heterocycles. The van der Waals surface area contributed by atoms with Crippen molar-refractivity contribution in [3.05, 3.63) is 100 Å². The highest BCUT2D eigenvalue weighted by Gasteiger charge is 2.52. The van der Waals surface area contributed by atoms with E-state index in [0.717, 1.165) is 56.2 Å². The van der Waals surface area contributed by atoms with Gasteiger partial charge in [0.25, 0.3) is 0 Å². The Kier molecular flexibility index (Phi) is 16.7. The lowest BCUT2D eigenvalue weighted by Crippen LogP contribution is -2.49. The number of benzene rings is 4. The Hall–Kier alpha value is -3.44. The monoisotopic (exact) mass is 983 g/mol. The zero-order valence-electron chi connectivity index (χ0n) is 45.0. The zero-order chi connectivity index (χ0) is 49.6. The number of hydrogen-bond acceptors (Lipinski definition) is 8. The first-order chi connectivity index (χ1) is 31.8. The van der Waals surface area contributed by atoms with Crippen LogP contribution in [0.15, 0.2) is 72.8 Å². The summed E-state index contributed by atoms with van der Waals surface area (Å²) < 4.78 is 23.4. The molecule has 378 valence electrons. The van der Waals surface area contributed by atoms with E-state index in [1.807, 2.05) is 12.1 Å². The number of nitrogens with zero attached hydrogens (tertiary/aromatic N) is 2. The minimum atomic E-state index is -0.289. The number of piperazine rings is 2. The van der Waals surface area contributed by atoms with Crippen molar-refractivity contribution in [1.82, 2.24) is 10.6 Å². The Balaban J connectivity index is 0.000000176. The summed E-state index contributed by atoms with van der Waals surface area (Å²) in [7, 11) is 3.14. The average molecular weight is 984 g/mol. The summed E-state index contributed by atoms with van der Waals surface area (Å²) in [5, 5.41) is 7.63. The molecule has 0 amide bonds. The summed E-state index contributed by atoms with van der Waals surface area (Å²) in [6.45, 7) is 38.0. The van der Waals surface area contributed by atoms with Gasteiger partial charge in [-0.25, -0.2) is 0 Å². The fourth-order valence-electron chi connectivity index (χ4n) is 10.8. The number of nitrogens with one attached hydrogen (secondary N) is 2. The summed E-state index contributed by atoms with van der Waals surface area (Å²) in [5.74, 6) is 1.68. The van der Waals surface area contributed by atoms with Crippen LogP contribution in [0.2, 0.25) is 5.02 Å². The van der Waals surface area contributed by atoms with E-state index in [1.54, 1.807) is 14.2 Å². The molecular formula is C58H85BCl2N4O4. The van der Waals surface area contributed by atoms with E-state index in [-0.39, 0.29) is 52.4 Å². The van der Waals surface area contributed by atoms with E-state index in [4.69, 9.17) is 30.4 Å². The second kappa shape index (κ2) is 21.0. The number of fused-ring (bicyclic) bond motifs is 2. The molecule has 0 unspecified atom stereocenters. The van der Waals surface area contributed by atoms with Gasteiger partial charge in [0.1, 0.15) is 11.5 Å². The van der Waals surface area contributed by atoms with Gasteiger partial charge in [0.2, 0.25) is 0 Å². The molecule has 3 aliphatic heterocycles. The molecule has 0 radical (unpaired) electrons. The van der Waals surface area contributed by atoms with E-state index in [1.165, 1.54) is 70.4 Å². The number of halogens is 2. The molecule has 4 aromatic rings. The van der Waals surface area contributed by atoms with Gasteiger partial charge in [0.05, 0.1) is 30.4 Å². The fraction of sp³-hybridized carbons (Fsp3) is 0.586. The molecule has 2 aliphatic carbocycles. The fourth-order valence-corrected chi connectivity index (χ4v) is 11.0. The molecule has 0 bridgehead atoms. The first-order valence-corrected chi connectivity index (χ1v) is 25.8. The number of methoxy groups -OCH3 is 2. The number of hydrogen-bond donors (Lipinski definition) is 2. The van der Waals surface area contributed by atoms with Crippen LogP contribution in [0.4, 0.5) is 11.4 Å². The largest absolute Gasteiger partial charge is 0.496 e. The molecule has 4 aromatic carbocycles. The van der Waals surface area contributed by atoms with Crippen LogP contribution in [0.3, 0.4) is 0 Å². The Morgan fingerprint density at radius 1 is 0.551 bits per heavy atom. The summed E-state index contributed by atoms with van der Waals surface area (Å²) in [6, 6.07) is 27.6. The van der Waals surface area contributed by atoms with Gasteiger partial charge in [-0.05, 0) is 159 Å². The van der Waals surface area contributed by atoms with Gasteiger partial charge in [-0.2, -0.15) is 0 Å². The molecule has 69 heavy (non-hydrogen) atoms. The van der Waals surface area contributed by atoms with Gasteiger partial charge >= 0.3 is 7.12 Å². The highest BCUT2D eigenvalue weighted by Crippen LogP contribution is 2.49. The van der Waals surface area contributed by atoms with Crippen LogP contribution in [-0.2, 0) is 31.0 Å². The lowest BCUT2D eigenvalue weighted by molar-refractivity contribution is 0.00578. The lowest BCUT2D eigenvalue weighted by atomic mass is 9.61. The molecule has 9 rings (SSSR count). The van der Waals surface area contributed by atoms with E-state index >= 15 is 0 Å². The van der Waals surface area contributed by atoms with Crippen molar-refractivity contribution >= 4 is 48.0 Å². The van der Waals surface area contributed by atoms with Crippen LogP contribution in [0.1, 0.15) is 145 Å². The van der Waals surface area contributed by atoms with E-state index in [2.05, 4.69) is 178 Å². The molecule has 2 N–H and O–H groups in total. The summed E-state index contributed by atoms with van der Waals surface area (Å²) in [4.78, 5) is 4.82. The summed E-state index contributed by atoms with van der Waals surface area (Å²) >= 11 is 6.12. The van der Waals surface area contributed by atoms with Gasteiger partial charge in [-0.1, -0.05) is 103 Å².